The predicted molar refractivity (Wildman–Crippen MR) is 259 cm³/mol. The number of hydrogen-bond acceptors (Lipinski definition) is 14. The van der Waals surface area contributed by atoms with Crippen LogP contribution in [-0.4, -0.2) is 124 Å². The van der Waals surface area contributed by atoms with Gasteiger partial charge in [0, 0.05) is 47.6 Å². The van der Waals surface area contributed by atoms with Crippen LogP contribution in [0.25, 0.3) is 21.5 Å². The van der Waals surface area contributed by atoms with E-state index in [1.807, 2.05) is 110 Å². The number of anilines is 1. The Morgan fingerprint density at radius 2 is 1.20 bits per heavy atom. The second kappa shape index (κ2) is 20.1. The molecule has 19 nitrogen and oxygen atoms in total. The number of carbonyl (C=O) groups excluding carboxylic acids is 6. The van der Waals surface area contributed by atoms with Gasteiger partial charge in [0.1, 0.15) is 5.76 Å². The largest absolute Gasteiger partial charge is 0.506 e. The molecule has 0 radical (unpaired) electrons. The molecule has 0 saturated carbocycles. The Morgan fingerprint density at radius 1 is 0.671 bits per heavy atom. The fourth-order valence-corrected chi connectivity index (χ4v) is 9.33. The topological polar surface area (TPSA) is 276 Å². The van der Waals surface area contributed by atoms with Crippen molar-refractivity contribution < 1.29 is 58.3 Å². The van der Waals surface area contributed by atoms with Crippen molar-refractivity contribution in [3.8, 4) is 0 Å². The van der Waals surface area contributed by atoms with E-state index in [4.69, 9.17) is 10.2 Å². The van der Waals surface area contributed by atoms with Gasteiger partial charge in [0.2, 0.25) is 29.1 Å². The zero-order valence-corrected chi connectivity index (χ0v) is 39.5. The third-order valence-corrected chi connectivity index (χ3v) is 12.9. The molecular formula is C51H55N8O11+. The van der Waals surface area contributed by atoms with Crippen LogP contribution in [0.4, 0.5) is 11.4 Å². The monoisotopic (exact) mass is 955 g/mol. The molecule has 19 heteroatoms. The first-order valence-electron chi connectivity index (χ1n) is 22.6. The van der Waals surface area contributed by atoms with Gasteiger partial charge in [-0.25, -0.2) is 20.4 Å². The molecule has 2 aliphatic heterocycles. The fraction of sp³-hybridized carbons (Fsp3) is 0.314. The molecule has 2 amide bonds. The number of allylic oxidation sites excluding steroid dienone is 5. The van der Waals surface area contributed by atoms with E-state index in [0.29, 0.717) is 11.4 Å². The number of amides is 2. The molecule has 3 aliphatic rings. The second-order valence-electron chi connectivity index (χ2n) is 18.3. The van der Waals surface area contributed by atoms with Gasteiger partial charge in [-0.2, -0.15) is 4.58 Å². The lowest BCUT2D eigenvalue weighted by Gasteiger charge is -2.28. The van der Waals surface area contributed by atoms with Crippen molar-refractivity contribution in [1.29, 1.82) is 0 Å². The lowest BCUT2D eigenvalue weighted by atomic mass is 9.78. The molecule has 70 heavy (non-hydrogen) atoms. The minimum absolute atomic E-state index is 0.178. The highest BCUT2D eigenvalue weighted by Crippen LogP contribution is 2.51. The highest BCUT2D eigenvalue weighted by atomic mass is 16.4. The molecule has 0 unspecified atom stereocenters. The number of carbonyl (C=O) groups is 8. The third kappa shape index (κ3) is 9.64. The number of nitrogens with zero attached hydrogens (tertiary/aromatic N) is 2. The van der Waals surface area contributed by atoms with Crippen molar-refractivity contribution in [3.63, 3.8) is 0 Å². The molecule has 0 saturated heterocycles. The third-order valence-electron chi connectivity index (χ3n) is 12.9. The van der Waals surface area contributed by atoms with E-state index in [-0.39, 0.29) is 37.3 Å². The molecule has 0 aromatic heterocycles. The quantitative estimate of drug-likeness (QED) is 0.0202. The number of Topliss-reactive ketones (excluding diaryl/α,β-unsaturated/α-hetero) is 4. The zero-order chi connectivity index (χ0) is 50.8. The van der Waals surface area contributed by atoms with Gasteiger partial charge in [0.15, 0.2) is 12.3 Å². The first-order chi connectivity index (χ1) is 33.2. The van der Waals surface area contributed by atoms with Crippen LogP contribution >= 0.6 is 0 Å². The minimum Gasteiger partial charge on any atom is -0.506 e. The Morgan fingerprint density at radius 3 is 1.77 bits per heavy atom. The van der Waals surface area contributed by atoms with Gasteiger partial charge in [-0.15, -0.1) is 0 Å². The van der Waals surface area contributed by atoms with Crippen LogP contribution in [0.5, 0.6) is 0 Å². The number of rotatable bonds is 20. The van der Waals surface area contributed by atoms with Crippen molar-refractivity contribution >= 4 is 85.5 Å². The summed E-state index contributed by atoms with van der Waals surface area (Å²) in [4.78, 5) is 100. The second-order valence-corrected chi connectivity index (χ2v) is 18.3. The van der Waals surface area contributed by atoms with Gasteiger partial charge in [0.25, 0.3) is 11.6 Å². The number of carboxylic acid groups (broad SMARTS) is 2. The van der Waals surface area contributed by atoms with Crippen LogP contribution in [0, 0.1) is 0 Å². The van der Waals surface area contributed by atoms with Crippen molar-refractivity contribution in [3.05, 3.63) is 119 Å². The van der Waals surface area contributed by atoms with Crippen molar-refractivity contribution in [2.24, 2.45) is 0 Å². The molecule has 0 bridgehead atoms. The van der Waals surface area contributed by atoms with Gasteiger partial charge in [-0.05, 0) is 73.0 Å². The predicted octanol–water partition coefficient (Wildman–Crippen LogP) is 2.45. The summed E-state index contributed by atoms with van der Waals surface area (Å²) in [7, 11) is 0. The lowest BCUT2D eigenvalue weighted by molar-refractivity contribution is -0.435. The summed E-state index contributed by atoms with van der Waals surface area (Å²) in [5.41, 5.74) is 14.7. The number of fused-ring (bicyclic) bond motifs is 6. The molecule has 2 heterocycles. The first kappa shape index (κ1) is 50.2. The summed E-state index contributed by atoms with van der Waals surface area (Å²) in [5.74, 6) is -9.08. The van der Waals surface area contributed by atoms with Crippen molar-refractivity contribution in [1.82, 2.24) is 32.3 Å². The lowest BCUT2D eigenvalue weighted by Crippen LogP contribution is -2.51. The van der Waals surface area contributed by atoms with Gasteiger partial charge in [0.05, 0.1) is 48.3 Å². The standard InChI is InChI=1S/C51H54N8O11/c1-27(46(65)52-25-37(60)48(67)68)56-54-19-21-58-35-17-15-29-11-7-9-13-31(29)41(35)50(3,4)39(58)23-33-43(62)34(45(64)44(33)63)24-40-51(5,6)42-32-14-10-8-12-30(32)16-18-36(42)59(40)22-20-55-57-28(2)47(66)53-26-38(61)49(69)70/h7-18,23-24,27-28H,19-22,25-26H2,1-6H3,(H8,52,53,54,55,56,57,62,63,64,65,66,67,68,69,70)/p+1/t27-,28-/m0/s1. The molecule has 1 aliphatic carbocycles. The number of benzene rings is 4. The molecule has 7 rings (SSSR count). The number of aliphatic hydroxyl groups excluding tert-OH is 1. The molecule has 364 valence electrons. The van der Waals surface area contributed by atoms with Gasteiger partial charge in [-0.1, -0.05) is 68.4 Å². The summed E-state index contributed by atoms with van der Waals surface area (Å²) in [6.07, 6.45) is 3.15. The van der Waals surface area contributed by atoms with E-state index >= 15 is 0 Å². The maximum atomic E-state index is 14.2. The summed E-state index contributed by atoms with van der Waals surface area (Å²) < 4.78 is 1.99. The van der Waals surface area contributed by atoms with E-state index in [1.165, 1.54) is 13.8 Å². The Bertz CT molecular complexity index is 3040. The highest BCUT2D eigenvalue weighted by molar-refractivity contribution is 6.54. The molecule has 4 aromatic carbocycles. The number of hydrazine groups is 2. The average Bonchev–Trinajstić information content (AvgIpc) is 3.78. The Kier molecular flexibility index (Phi) is 14.4. The Hall–Kier alpha value is -7.71. The number of aliphatic carboxylic acids is 2. The molecular weight excluding hydrogens is 901 g/mol. The van der Waals surface area contributed by atoms with Crippen LogP contribution in [0.2, 0.25) is 0 Å². The molecule has 2 atom stereocenters. The molecule has 9 N–H and O–H groups in total. The van der Waals surface area contributed by atoms with Crippen molar-refractivity contribution in [2.45, 2.75) is 64.5 Å². The van der Waals surface area contributed by atoms with Crippen LogP contribution < -0.4 is 37.2 Å². The molecule has 0 spiro atoms. The fourth-order valence-electron chi connectivity index (χ4n) is 9.33. The molecule has 4 aromatic rings. The normalized spacial score (nSPS) is 17.9. The Labute approximate surface area is 402 Å². The van der Waals surface area contributed by atoms with E-state index in [9.17, 15) is 43.5 Å². The van der Waals surface area contributed by atoms with E-state index in [1.54, 1.807) is 12.2 Å². The maximum absolute atomic E-state index is 14.2. The van der Waals surface area contributed by atoms with Gasteiger partial charge >= 0.3 is 11.9 Å². The minimum atomic E-state index is -1.65. The highest BCUT2D eigenvalue weighted by Gasteiger charge is 2.48. The number of ketones is 4. The van der Waals surface area contributed by atoms with Crippen LogP contribution in [-0.2, 0) is 49.2 Å². The van der Waals surface area contributed by atoms with Crippen LogP contribution in [0.15, 0.2) is 108 Å². The van der Waals surface area contributed by atoms with E-state index in [0.717, 1.165) is 44.0 Å². The number of carboxylic acids is 2. The van der Waals surface area contributed by atoms with E-state index in [2.05, 4.69) is 32.3 Å². The number of hydrogen-bond donors (Lipinski definition) is 9. The summed E-state index contributed by atoms with van der Waals surface area (Å²) in [6.45, 7) is 10.8. The Balaban J connectivity index is 1.21. The number of aliphatic hydroxyl groups is 1. The average molecular weight is 956 g/mol. The van der Waals surface area contributed by atoms with E-state index < -0.39 is 88.6 Å². The maximum Gasteiger partial charge on any atom is 0.374 e. The summed E-state index contributed by atoms with van der Waals surface area (Å²) in [6, 6.07) is 22.0. The van der Waals surface area contributed by atoms with Crippen LogP contribution in [0.1, 0.15) is 52.7 Å². The zero-order valence-electron chi connectivity index (χ0n) is 39.5. The SMILES string of the molecule is C[C@H](NNCCN1C(=CC2=C(O)C(=CC3=[N+](CCNN[C@@H](C)C(=O)NCC(=O)C(=O)O)c4ccc5ccccc5c4C3(C)C)C(=O)C2=O)C(C)(C)c2c1ccc1ccccc21)C(=O)NCC(=O)C(=O)O. The van der Waals surface area contributed by atoms with Gasteiger partial charge < -0.3 is 30.9 Å². The van der Waals surface area contributed by atoms with Crippen molar-refractivity contribution in [2.75, 3.05) is 44.2 Å². The first-order valence-corrected chi connectivity index (χ1v) is 22.6. The number of nitrogens with one attached hydrogen (secondary N) is 6. The summed E-state index contributed by atoms with van der Waals surface area (Å²) >= 11 is 0. The smallest absolute Gasteiger partial charge is 0.374 e. The molecule has 0 fully saturated rings. The summed E-state index contributed by atoms with van der Waals surface area (Å²) in [5, 5.41) is 38.3. The van der Waals surface area contributed by atoms with Crippen LogP contribution in [0.3, 0.4) is 0 Å². The van der Waals surface area contributed by atoms with Gasteiger partial charge in [-0.3, -0.25) is 39.6 Å².